The normalized spacial score (nSPS) is 17.6. The fourth-order valence-electron chi connectivity index (χ4n) is 2.97. The summed E-state index contributed by atoms with van der Waals surface area (Å²) in [5, 5.41) is 0. The third kappa shape index (κ3) is 4.58. The van der Waals surface area contributed by atoms with Crippen LogP contribution < -0.4 is 4.90 Å². The summed E-state index contributed by atoms with van der Waals surface area (Å²) in [5.41, 5.74) is 1.25. The van der Waals surface area contributed by atoms with E-state index in [1.807, 2.05) is 55.2 Å². The molecule has 2 aromatic heterocycles. The molecule has 25 heavy (non-hydrogen) atoms. The van der Waals surface area contributed by atoms with Crippen LogP contribution in [-0.2, 0) is 11.2 Å². The number of pyridine rings is 1. The van der Waals surface area contributed by atoms with Crippen LogP contribution in [0.2, 0.25) is 0 Å². The number of carbonyl (C=O) groups excluding carboxylic acids is 1. The number of nitrogens with zero attached hydrogens (tertiary/aromatic N) is 3. The lowest BCUT2D eigenvalue weighted by Gasteiger charge is -2.32. The lowest BCUT2D eigenvalue weighted by atomic mass is 10.1. The van der Waals surface area contributed by atoms with Crippen molar-refractivity contribution in [3.05, 3.63) is 45.8 Å². The number of anilines is 1. The number of ether oxygens (including phenoxy) is 1. The SMILES string of the molecule is Cc1ccc(C(=O)N2CCO[C@@H](CCc3ccnc(N(C)C)c3)C2)s1. The van der Waals surface area contributed by atoms with Crippen molar-refractivity contribution in [2.75, 3.05) is 38.7 Å². The monoisotopic (exact) mass is 359 g/mol. The van der Waals surface area contributed by atoms with E-state index >= 15 is 0 Å². The molecule has 5 nitrogen and oxygen atoms in total. The highest BCUT2D eigenvalue weighted by atomic mass is 32.1. The third-order valence-corrected chi connectivity index (χ3v) is 5.39. The quantitative estimate of drug-likeness (QED) is 0.823. The van der Waals surface area contributed by atoms with Crippen molar-refractivity contribution in [1.29, 1.82) is 0 Å². The van der Waals surface area contributed by atoms with Gasteiger partial charge in [-0.2, -0.15) is 0 Å². The van der Waals surface area contributed by atoms with Crippen LogP contribution >= 0.6 is 11.3 Å². The minimum absolute atomic E-state index is 0.0923. The number of aromatic nitrogens is 1. The summed E-state index contributed by atoms with van der Waals surface area (Å²) in [4.78, 5) is 22.9. The van der Waals surface area contributed by atoms with E-state index in [4.69, 9.17) is 4.74 Å². The predicted molar refractivity (Wildman–Crippen MR) is 102 cm³/mol. The molecule has 1 fully saturated rings. The summed E-state index contributed by atoms with van der Waals surface area (Å²) < 4.78 is 5.88. The van der Waals surface area contributed by atoms with E-state index in [-0.39, 0.29) is 12.0 Å². The molecule has 6 heteroatoms. The largest absolute Gasteiger partial charge is 0.375 e. The Morgan fingerprint density at radius 3 is 2.96 bits per heavy atom. The first kappa shape index (κ1) is 17.9. The summed E-state index contributed by atoms with van der Waals surface area (Å²) in [7, 11) is 3.98. The molecule has 1 aliphatic heterocycles. The molecule has 1 saturated heterocycles. The zero-order valence-corrected chi connectivity index (χ0v) is 15.9. The molecule has 1 amide bonds. The molecule has 0 aromatic carbocycles. The molecule has 134 valence electrons. The Kier molecular flexibility index (Phi) is 5.71. The number of amides is 1. The second kappa shape index (κ2) is 7.97. The van der Waals surface area contributed by atoms with Gasteiger partial charge in [-0.1, -0.05) is 0 Å². The van der Waals surface area contributed by atoms with Gasteiger partial charge in [-0.05, 0) is 49.6 Å². The van der Waals surface area contributed by atoms with Crippen LogP contribution in [0.1, 0.15) is 26.5 Å². The summed E-state index contributed by atoms with van der Waals surface area (Å²) in [5.74, 6) is 1.09. The van der Waals surface area contributed by atoms with Crippen molar-refractivity contribution in [2.24, 2.45) is 0 Å². The first-order valence-electron chi connectivity index (χ1n) is 8.62. The average molecular weight is 359 g/mol. The molecule has 0 radical (unpaired) electrons. The van der Waals surface area contributed by atoms with Crippen molar-refractivity contribution >= 4 is 23.1 Å². The predicted octanol–water partition coefficient (Wildman–Crippen LogP) is 2.99. The number of thiophene rings is 1. The van der Waals surface area contributed by atoms with Gasteiger partial charge in [0.1, 0.15) is 5.82 Å². The smallest absolute Gasteiger partial charge is 0.264 e. The van der Waals surface area contributed by atoms with Crippen LogP contribution in [0.5, 0.6) is 0 Å². The van der Waals surface area contributed by atoms with Gasteiger partial charge in [0.15, 0.2) is 0 Å². The molecule has 0 spiro atoms. The van der Waals surface area contributed by atoms with Gasteiger partial charge >= 0.3 is 0 Å². The highest BCUT2D eigenvalue weighted by molar-refractivity contribution is 7.13. The number of hydrogen-bond donors (Lipinski definition) is 0. The van der Waals surface area contributed by atoms with Gasteiger partial charge in [0.05, 0.1) is 17.6 Å². The van der Waals surface area contributed by atoms with Crippen LogP contribution in [-0.4, -0.2) is 55.7 Å². The molecule has 3 heterocycles. The van der Waals surface area contributed by atoms with Crippen LogP contribution in [0.25, 0.3) is 0 Å². The minimum Gasteiger partial charge on any atom is -0.375 e. The maximum Gasteiger partial charge on any atom is 0.264 e. The number of carbonyl (C=O) groups is 1. The molecule has 0 bridgehead atoms. The molecule has 3 rings (SSSR count). The van der Waals surface area contributed by atoms with Gasteiger partial charge in [-0.25, -0.2) is 4.98 Å². The second-order valence-electron chi connectivity index (χ2n) is 6.61. The van der Waals surface area contributed by atoms with E-state index in [0.29, 0.717) is 19.7 Å². The zero-order valence-electron chi connectivity index (χ0n) is 15.1. The first-order chi connectivity index (χ1) is 12.0. The standard InChI is InChI=1S/C19H25N3O2S/c1-14-4-7-17(25-14)19(23)22-10-11-24-16(13-22)6-5-15-8-9-20-18(12-15)21(2)3/h4,7-9,12,16H,5-6,10-11,13H2,1-3H3/t16-/m0/s1. The Morgan fingerprint density at radius 1 is 1.40 bits per heavy atom. The van der Waals surface area contributed by atoms with E-state index in [1.54, 1.807) is 11.3 Å². The van der Waals surface area contributed by atoms with E-state index in [9.17, 15) is 4.79 Å². The number of hydrogen-bond acceptors (Lipinski definition) is 5. The molecule has 0 aliphatic carbocycles. The number of rotatable bonds is 5. The maximum atomic E-state index is 12.6. The van der Waals surface area contributed by atoms with Crippen molar-refractivity contribution in [3.8, 4) is 0 Å². The van der Waals surface area contributed by atoms with Crippen LogP contribution in [0.4, 0.5) is 5.82 Å². The molecule has 1 atom stereocenters. The molecule has 2 aromatic rings. The molecule has 0 saturated carbocycles. The Hall–Kier alpha value is -1.92. The van der Waals surface area contributed by atoms with Crippen molar-refractivity contribution < 1.29 is 9.53 Å². The highest BCUT2D eigenvalue weighted by Crippen LogP contribution is 2.20. The van der Waals surface area contributed by atoms with Crippen molar-refractivity contribution in [1.82, 2.24) is 9.88 Å². The first-order valence-corrected chi connectivity index (χ1v) is 9.44. The van der Waals surface area contributed by atoms with Crippen molar-refractivity contribution in [2.45, 2.75) is 25.9 Å². The van der Waals surface area contributed by atoms with Gasteiger partial charge in [0.25, 0.3) is 5.91 Å². The molecule has 0 N–H and O–H groups in total. The van der Waals surface area contributed by atoms with Crippen LogP contribution in [0, 0.1) is 6.92 Å². The van der Waals surface area contributed by atoms with E-state index in [2.05, 4.69) is 11.1 Å². The lowest BCUT2D eigenvalue weighted by Crippen LogP contribution is -2.45. The fourth-order valence-corrected chi connectivity index (χ4v) is 3.81. The topological polar surface area (TPSA) is 45.7 Å². The van der Waals surface area contributed by atoms with Crippen LogP contribution in [0.3, 0.4) is 0 Å². The third-order valence-electron chi connectivity index (χ3n) is 4.40. The molecular formula is C19H25N3O2S. The molecule has 0 unspecified atom stereocenters. The highest BCUT2D eigenvalue weighted by Gasteiger charge is 2.25. The fraction of sp³-hybridized carbons (Fsp3) is 0.474. The van der Waals surface area contributed by atoms with E-state index in [1.165, 1.54) is 10.4 Å². The van der Waals surface area contributed by atoms with Gasteiger partial charge in [-0.15, -0.1) is 11.3 Å². The summed E-state index contributed by atoms with van der Waals surface area (Å²) in [6.07, 6.45) is 3.77. The Labute approximate surface area is 153 Å². The van der Waals surface area contributed by atoms with E-state index < -0.39 is 0 Å². The van der Waals surface area contributed by atoms with Gasteiger partial charge in [0.2, 0.25) is 0 Å². The molecule has 1 aliphatic rings. The summed E-state index contributed by atoms with van der Waals surface area (Å²) in [6.45, 7) is 3.98. The van der Waals surface area contributed by atoms with Gasteiger partial charge < -0.3 is 14.5 Å². The van der Waals surface area contributed by atoms with E-state index in [0.717, 1.165) is 23.5 Å². The maximum absolute atomic E-state index is 12.6. The van der Waals surface area contributed by atoms with Crippen LogP contribution in [0.15, 0.2) is 30.5 Å². The Balaban J connectivity index is 1.57. The average Bonchev–Trinajstić information content (AvgIpc) is 3.06. The number of morpholine rings is 1. The molecular weight excluding hydrogens is 334 g/mol. The van der Waals surface area contributed by atoms with Crippen molar-refractivity contribution in [3.63, 3.8) is 0 Å². The second-order valence-corrected chi connectivity index (χ2v) is 7.90. The Bertz CT molecular complexity index is 729. The Morgan fingerprint density at radius 2 is 2.24 bits per heavy atom. The van der Waals surface area contributed by atoms with Gasteiger partial charge in [-0.3, -0.25) is 4.79 Å². The van der Waals surface area contributed by atoms with Gasteiger partial charge in [0, 0.05) is 38.3 Å². The number of aryl methyl sites for hydroxylation is 2. The summed E-state index contributed by atoms with van der Waals surface area (Å²) >= 11 is 1.56. The minimum atomic E-state index is 0.0923. The summed E-state index contributed by atoms with van der Waals surface area (Å²) in [6, 6.07) is 8.08. The lowest BCUT2D eigenvalue weighted by molar-refractivity contribution is -0.0244. The zero-order chi connectivity index (χ0) is 17.8.